The van der Waals surface area contributed by atoms with Gasteiger partial charge in [-0.25, -0.2) is 31.3 Å². The van der Waals surface area contributed by atoms with E-state index in [1.54, 1.807) is 57.2 Å². The molecule has 356 valence electrons. The Labute approximate surface area is 386 Å². The molecule has 4 aromatic rings. The molecule has 0 fully saturated rings. The van der Waals surface area contributed by atoms with Gasteiger partial charge in [-0.15, -0.1) is 0 Å². The van der Waals surface area contributed by atoms with Crippen LogP contribution in [0.2, 0.25) is 0 Å². The lowest BCUT2D eigenvalue weighted by Gasteiger charge is -2.24. The zero-order chi connectivity index (χ0) is 47.6. The number of ether oxygens (including phenoxy) is 1. The van der Waals surface area contributed by atoms with Gasteiger partial charge in [0.05, 0.1) is 40.1 Å². The third-order valence-electron chi connectivity index (χ3n) is 11.0. The first-order valence-electron chi connectivity index (χ1n) is 23.2. The molecule has 0 aliphatic rings. The second-order valence-electron chi connectivity index (χ2n) is 16.8. The third-order valence-corrected chi connectivity index (χ3v) is 13.5. The minimum absolute atomic E-state index is 0.0207. The molecule has 0 radical (unpaired) electrons. The van der Waals surface area contributed by atoms with Gasteiger partial charge in [-0.3, -0.25) is 14.2 Å². The first kappa shape index (κ1) is 52.6. The quantitative estimate of drug-likeness (QED) is 0.0206. The Hall–Kier alpha value is -5.06. The molecular weight excluding hydrogens is 865 g/mol. The Morgan fingerprint density at radius 3 is 2.08 bits per heavy atom. The van der Waals surface area contributed by atoms with Crippen LogP contribution in [0.4, 0.5) is 17.1 Å². The molecule has 1 heterocycles. The van der Waals surface area contributed by atoms with Gasteiger partial charge in [-0.1, -0.05) is 108 Å². The maximum atomic E-state index is 14.9. The summed E-state index contributed by atoms with van der Waals surface area (Å²) >= 11 is 0. The monoisotopic (exact) mass is 934 g/mol. The summed E-state index contributed by atoms with van der Waals surface area (Å²) in [7, 11) is -7.06. The molecule has 4 rings (SSSR count). The van der Waals surface area contributed by atoms with Crippen molar-refractivity contribution in [3.05, 3.63) is 88.5 Å². The van der Waals surface area contributed by atoms with Crippen molar-refractivity contribution in [3.63, 3.8) is 0 Å². The standard InChI is InChI=1S/C49H70N6O8S2/c1-8-11-13-14-15-16-17-18-19-23-33-65(61,62)40-27-29-42(43(35-40)63-36(4)5)52-48(57)45(51-41-28-26-39(34-37(41)6)54(10-3)32-30-50-64(7,59)60)47(56)44-46(38-24-21-20-22-25-38)55(31-12-9-2)49(58)53-44/h20-22,24-29,34-36,50H,8-19,23,30-33H2,1-7H3,(H,52,57)(H,53,58). The van der Waals surface area contributed by atoms with Crippen LogP contribution in [0.25, 0.3) is 11.3 Å². The molecule has 1 amide bonds. The molecule has 0 atom stereocenters. The fraction of sp³-hybridized carbons (Fsp3) is 0.510. The lowest BCUT2D eigenvalue weighted by molar-refractivity contribution is -0.110. The highest BCUT2D eigenvalue weighted by molar-refractivity contribution is 7.91. The van der Waals surface area contributed by atoms with E-state index in [2.05, 4.69) is 26.9 Å². The number of aryl methyl sites for hydroxylation is 1. The number of carbonyl (C=O) groups is 2. The number of aliphatic imine (C=N–C) groups is 1. The van der Waals surface area contributed by atoms with E-state index in [-0.39, 0.29) is 34.3 Å². The van der Waals surface area contributed by atoms with Crippen LogP contribution in [-0.4, -0.2) is 81.5 Å². The Balaban J connectivity index is 1.71. The summed E-state index contributed by atoms with van der Waals surface area (Å²) in [5, 5.41) is 2.79. The summed E-state index contributed by atoms with van der Waals surface area (Å²) in [4.78, 5) is 52.5. The van der Waals surface area contributed by atoms with E-state index in [0.717, 1.165) is 44.0 Å². The van der Waals surface area contributed by atoms with Crippen molar-refractivity contribution in [2.24, 2.45) is 4.99 Å². The SMILES string of the molecule is CCCCCCCCCCCCS(=O)(=O)c1ccc(NC(=O)C(=Nc2ccc(N(CC)CCNS(C)(=O)=O)cc2C)C(=O)c2[nH]c(=O)n(CCCC)c2-c2ccccc2)c(OC(C)C)c1. The number of nitrogens with one attached hydrogen (secondary N) is 3. The van der Waals surface area contributed by atoms with Gasteiger partial charge in [-0.2, -0.15) is 0 Å². The van der Waals surface area contributed by atoms with Gasteiger partial charge in [0.2, 0.25) is 15.8 Å². The van der Waals surface area contributed by atoms with Crippen LogP contribution in [0.15, 0.2) is 81.4 Å². The molecule has 1 aromatic heterocycles. The fourth-order valence-corrected chi connectivity index (χ4v) is 9.37. The van der Waals surface area contributed by atoms with Crippen molar-refractivity contribution in [1.29, 1.82) is 0 Å². The van der Waals surface area contributed by atoms with E-state index in [1.807, 2.05) is 30.9 Å². The maximum Gasteiger partial charge on any atom is 0.326 e. The normalized spacial score (nSPS) is 12.2. The van der Waals surface area contributed by atoms with E-state index in [0.29, 0.717) is 55.0 Å². The predicted molar refractivity (Wildman–Crippen MR) is 263 cm³/mol. The average molecular weight is 935 g/mol. The lowest BCUT2D eigenvalue weighted by Crippen LogP contribution is -2.34. The second-order valence-corrected chi connectivity index (χ2v) is 20.8. The maximum absolute atomic E-state index is 14.9. The number of aromatic nitrogens is 2. The molecule has 0 saturated carbocycles. The molecule has 3 aromatic carbocycles. The number of sulfonamides is 1. The largest absolute Gasteiger partial charge is 0.489 e. The smallest absolute Gasteiger partial charge is 0.326 e. The van der Waals surface area contributed by atoms with Gasteiger partial charge in [0.1, 0.15) is 11.4 Å². The van der Waals surface area contributed by atoms with Crippen molar-refractivity contribution in [2.75, 3.05) is 41.9 Å². The number of sulfone groups is 1. The number of Topliss-reactive ketones (excluding diaryl/α,β-unsaturated/α-hetero) is 1. The Morgan fingerprint density at radius 1 is 0.831 bits per heavy atom. The zero-order valence-corrected chi connectivity index (χ0v) is 41.0. The summed E-state index contributed by atoms with van der Waals surface area (Å²) in [6, 6.07) is 18.6. The summed E-state index contributed by atoms with van der Waals surface area (Å²) in [5.74, 6) is -1.65. The van der Waals surface area contributed by atoms with Crippen LogP contribution in [0.3, 0.4) is 0 Å². The van der Waals surface area contributed by atoms with Gasteiger partial charge in [0.15, 0.2) is 15.5 Å². The van der Waals surface area contributed by atoms with E-state index in [4.69, 9.17) is 4.74 Å². The third kappa shape index (κ3) is 16.1. The highest BCUT2D eigenvalue weighted by Crippen LogP contribution is 2.32. The molecule has 0 bridgehead atoms. The van der Waals surface area contributed by atoms with E-state index in [1.165, 1.54) is 54.9 Å². The molecule has 0 aliphatic heterocycles. The number of benzene rings is 3. The van der Waals surface area contributed by atoms with Gasteiger partial charge in [0.25, 0.3) is 5.91 Å². The van der Waals surface area contributed by atoms with Crippen LogP contribution >= 0.6 is 0 Å². The molecule has 16 heteroatoms. The molecule has 14 nitrogen and oxygen atoms in total. The highest BCUT2D eigenvalue weighted by Gasteiger charge is 2.30. The van der Waals surface area contributed by atoms with E-state index < -0.39 is 49.1 Å². The fourth-order valence-electron chi connectivity index (χ4n) is 7.53. The number of hydrogen-bond acceptors (Lipinski definition) is 10. The Bertz CT molecular complexity index is 2500. The van der Waals surface area contributed by atoms with Gasteiger partial charge < -0.3 is 19.9 Å². The number of carbonyl (C=O) groups excluding carboxylic acids is 2. The van der Waals surface area contributed by atoms with Gasteiger partial charge in [0, 0.05) is 43.5 Å². The number of ketones is 1. The number of hydrogen-bond donors (Lipinski definition) is 3. The molecule has 0 saturated heterocycles. The summed E-state index contributed by atoms with van der Waals surface area (Å²) in [6.45, 7) is 13.0. The minimum Gasteiger partial charge on any atom is -0.489 e. The predicted octanol–water partition coefficient (Wildman–Crippen LogP) is 9.40. The number of rotatable bonds is 29. The van der Waals surface area contributed by atoms with Crippen LogP contribution in [0.5, 0.6) is 5.75 Å². The first-order valence-corrected chi connectivity index (χ1v) is 26.7. The molecule has 0 spiro atoms. The number of nitrogens with zero attached hydrogens (tertiary/aromatic N) is 3. The van der Waals surface area contributed by atoms with Gasteiger partial charge >= 0.3 is 5.69 Å². The molecule has 65 heavy (non-hydrogen) atoms. The van der Waals surface area contributed by atoms with Crippen LogP contribution in [0.1, 0.15) is 128 Å². The number of amides is 1. The van der Waals surface area contributed by atoms with Crippen molar-refractivity contribution < 1.29 is 31.2 Å². The van der Waals surface area contributed by atoms with Gasteiger partial charge in [-0.05, 0) is 76.4 Å². The van der Waals surface area contributed by atoms with Crippen LogP contribution in [-0.2, 0) is 31.2 Å². The average Bonchev–Trinajstić information content (AvgIpc) is 3.59. The number of aromatic amines is 1. The first-order chi connectivity index (χ1) is 31.0. The summed E-state index contributed by atoms with van der Waals surface area (Å²) < 4.78 is 60.6. The minimum atomic E-state index is -3.69. The lowest BCUT2D eigenvalue weighted by atomic mass is 10.0. The van der Waals surface area contributed by atoms with E-state index >= 15 is 0 Å². The Morgan fingerprint density at radius 2 is 1.48 bits per heavy atom. The topological polar surface area (TPSA) is 189 Å². The van der Waals surface area contributed by atoms with Crippen molar-refractivity contribution in [2.45, 2.75) is 136 Å². The molecule has 0 aliphatic carbocycles. The number of likely N-dealkylation sites (N-methyl/N-ethyl adjacent to an activating group) is 1. The van der Waals surface area contributed by atoms with Crippen molar-refractivity contribution in [1.82, 2.24) is 14.3 Å². The van der Waals surface area contributed by atoms with Crippen molar-refractivity contribution in [3.8, 4) is 17.0 Å². The summed E-state index contributed by atoms with van der Waals surface area (Å²) in [5.41, 5.74) is 1.61. The molecular formula is C49H70N6O8S2. The Kier molecular flexibility index (Phi) is 20.7. The van der Waals surface area contributed by atoms with Crippen LogP contribution < -0.4 is 25.4 Å². The highest BCUT2D eigenvalue weighted by atomic mass is 32.2. The number of H-pyrrole nitrogens is 1. The number of unbranched alkanes of at least 4 members (excludes halogenated alkanes) is 10. The molecule has 3 N–H and O–H groups in total. The van der Waals surface area contributed by atoms with Crippen molar-refractivity contribution >= 4 is 54.3 Å². The number of anilines is 2. The van der Waals surface area contributed by atoms with Crippen LogP contribution in [0, 0.1) is 6.92 Å². The molecule has 0 unspecified atom stereocenters. The summed E-state index contributed by atoms with van der Waals surface area (Å²) in [6.07, 6.45) is 13.0. The van der Waals surface area contributed by atoms with E-state index in [9.17, 15) is 31.2 Å². The second kappa shape index (κ2) is 25.6. The zero-order valence-electron chi connectivity index (χ0n) is 39.4. The number of imidazole rings is 1.